The van der Waals surface area contributed by atoms with Crippen LogP contribution in [0.3, 0.4) is 0 Å². The molecule has 2 rings (SSSR count). The van der Waals surface area contributed by atoms with E-state index in [1.807, 2.05) is 0 Å². The van der Waals surface area contributed by atoms with Crippen molar-refractivity contribution in [2.75, 3.05) is 19.8 Å². The highest BCUT2D eigenvalue weighted by molar-refractivity contribution is 9.10. The molecule has 2 heterocycles. The Labute approximate surface area is 89.9 Å². The van der Waals surface area contributed by atoms with Gasteiger partial charge in [-0.15, -0.1) is 0 Å². The lowest BCUT2D eigenvalue weighted by molar-refractivity contribution is -0.137. The van der Waals surface area contributed by atoms with Gasteiger partial charge in [-0.05, 0) is 22.0 Å². The maximum absolute atomic E-state index is 9.89. The molecule has 0 spiro atoms. The van der Waals surface area contributed by atoms with Gasteiger partial charge >= 0.3 is 0 Å². The molecule has 2 unspecified atom stereocenters. The minimum atomic E-state index is -0.778. The molecule has 0 aromatic carbocycles. The van der Waals surface area contributed by atoms with Gasteiger partial charge in [0, 0.05) is 0 Å². The molecule has 1 saturated heterocycles. The minimum Gasteiger partial charge on any atom is -0.465 e. The van der Waals surface area contributed by atoms with Crippen molar-refractivity contribution in [2.24, 2.45) is 0 Å². The van der Waals surface area contributed by atoms with E-state index >= 15 is 0 Å². The van der Waals surface area contributed by atoms with E-state index in [-0.39, 0.29) is 6.10 Å². The summed E-state index contributed by atoms with van der Waals surface area (Å²) in [6.07, 6.45) is 0.401. The number of rotatable bonds is 2. The normalized spacial score (nSPS) is 24.9. The molecule has 0 aliphatic carbocycles. The number of halogens is 1. The van der Waals surface area contributed by atoms with E-state index in [1.54, 1.807) is 6.07 Å². The Morgan fingerprint density at radius 2 is 2.36 bits per heavy atom. The van der Waals surface area contributed by atoms with Crippen LogP contribution in [0.1, 0.15) is 11.9 Å². The number of ether oxygens (including phenoxy) is 2. The molecule has 5 heteroatoms. The number of aliphatic hydroxyl groups is 1. The summed E-state index contributed by atoms with van der Waals surface area (Å²) in [7, 11) is 0. The number of aliphatic hydroxyl groups excluding tert-OH is 1. The van der Waals surface area contributed by atoms with Crippen molar-refractivity contribution in [3.05, 3.63) is 22.6 Å². The first-order chi connectivity index (χ1) is 6.79. The number of hydrogen-bond acceptors (Lipinski definition) is 4. The Morgan fingerprint density at radius 3 is 2.93 bits per heavy atom. The monoisotopic (exact) mass is 262 g/mol. The second kappa shape index (κ2) is 4.44. The van der Waals surface area contributed by atoms with Crippen molar-refractivity contribution in [1.29, 1.82) is 0 Å². The van der Waals surface area contributed by atoms with Gasteiger partial charge in [-0.3, -0.25) is 0 Å². The second-order valence-corrected chi connectivity index (χ2v) is 3.92. The van der Waals surface area contributed by atoms with Crippen molar-refractivity contribution in [3.8, 4) is 0 Å². The first kappa shape index (κ1) is 10.2. The third-order valence-electron chi connectivity index (χ3n) is 2.11. The number of hydrogen-bond donors (Lipinski definition) is 1. The lowest BCUT2D eigenvalue weighted by Gasteiger charge is -2.26. The van der Waals surface area contributed by atoms with Crippen LogP contribution in [-0.4, -0.2) is 31.0 Å². The molecule has 0 radical (unpaired) electrons. The molecule has 1 fully saturated rings. The third-order valence-corrected chi connectivity index (χ3v) is 2.76. The number of furan rings is 1. The van der Waals surface area contributed by atoms with Crippen molar-refractivity contribution < 1.29 is 19.0 Å². The zero-order valence-electron chi connectivity index (χ0n) is 7.48. The Balaban J connectivity index is 2.07. The van der Waals surface area contributed by atoms with Crippen molar-refractivity contribution in [3.63, 3.8) is 0 Å². The molecule has 1 aromatic heterocycles. The molecule has 0 saturated carbocycles. The van der Waals surface area contributed by atoms with Crippen LogP contribution in [0.15, 0.2) is 21.2 Å². The Kier molecular flexibility index (Phi) is 3.22. The average Bonchev–Trinajstić information content (AvgIpc) is 2.65. The van der Waals surface area contributed by atoms with Gasteiger partial charge in [0.15, 0.2) is 0 Å². The smallest absolute Gasteiger partial charge is 0.149 e. The highest BCUT2D eigenvalue weighted by atomic mass is 79.9. The van der Waals surface area contributed by atoms with Gasteiger partial charge < -0.3 is 19.0 Å². The zero-order chi connectivity index (χ0) is 9.97. The van der Waals surface area contributed by atoms with Crippen molar-refractivity contribution in [1.82, 2.24) is 0 Å². The molecule has 0 amide bonds. The summed E-state index contributed by atoms with van der Waals surface area (Å²) in [5, 5.41) is 9.89. The quantitative estimate of drug-likeness (QED) is 0.878. The molecule has 14 heavy (non-hydrogen) atoms. The largest absolute Gasteiger partial charge is 0.465 e. The Bertz CT molecular complexity index is 293. The van der Waals surface area contributed by atoms with Gasteiger partial charge in [0.05, 0.1) is 30.6 Å². The zero-order valence-corrected chi connectivity index (χ0v) is 9.07. The average molecular weight is 263 g/mol. The van der Waals surface area contributed by atoms with Gasteiger partial charge in [-0.25, -0.2) is 0 Å². The van der Waals surface area contributed by atoms with E-state index < -0.39 is 6.10 Å². The van der Waals surface area contributed by atoms with E-state index in [9.17, 15) is 5.11 Å². The van der Waals surface area contributed by atoms with E-state index in [0.717, 1.165) is 4.47 Å². The van der Waals surface area contributed by atoms with E-state index in [4.69, 9.17) is 13.9 Å². The fraction of sp³-hybridized carbons (Fsp3) is 0.556. The lowest BCUT2D eigenvalue weighted by Crippen LogP contribution is -2.33. The summed E-state index contributed by atoms with van der Waals surface area (Å²) in [6, 6.07) is 1.74. The second-order valence-electron chi connectivity index (χ2n) is 3.06. The first-order valence-electron chi connectivity index (χ1n) is 4.39. The van der Waals surface area contributed by atoms with Crippen LogP contribution < -0.4 is 0 Å². The summed E-state index contributed by atoms with van der Waals surface area (Å²) < 4.78 is 16.5. The predicted molar refractivity (Wildman–Crippen MR) is 51.9 cm³/mol. The highest BCUT2D eigenvalue weighted by Gasteiger charge is 2.28. The standard InChI is InChI=1S/C9H11BrO4/c10-6-1-2-14-9(6)8(11)7-5-12-3-4-13-7/h1-2,7-8,11H,3-5H2. The minimum absolute atomic E-state index is 0.341. The van der Waals surface area contributed by atoms with Gasteiger partial charge in [0.25, 0.3) is 0 Å². The van der Waals surface area contributed by atoms with Crippen molar-refractivity contribution >= 4 is 15.9 Å². The molecule has 4 nitrogen and oxygen atoms in total. The van der Waals surface area contributed by atoms with Crippen LogP contribution in [0, 0.1) is 0 Å². The Hall–Kier alpha value is -0.360. The van der Waals surface area contributed by atoms with Gasteiger partial charge in [0.1, 0.15) is 18.0 Å². The van der Waals surface area contributed by atoms with Gasteiger partial charge in [-0.1, -0.05) is 0 Å². The van der Waals surface area contributed by atoms with E-state index in [0.29, 0.717) is 25.6 Å². The maximum Gasteiger partial charge on any atom is 0.149 e. The van der Waals surface area contributed by atoms with Crippen LogP contribution in [-0.2, 0) is 9.47 Å². The SMILES string of the molecule is OC(c1occc1Br)C1COCCO1. The molecule has 1 N–H and O–H groups in total. The van der Waals surface area contributed by atoms with Gasteiger partial charge in [0.2, 0.25) is 0 Å². The van der Waals surface area contributed by atoms with Crippen LogP contribution in [0.4, 0.5) is 0 Å². The molecule has 1 aromatic rings. The molecule has 1 aliphatic rings. The third kappa shape index (κ3) is 2.00. The van der Waals surface area contributed by atoms with Crippen molar-refractivity contribution in [2.45, 2.75) is 12.2 Å². The van der Waals surface area contributed by atoms with Crippen LogP contribution in [0.2, 0.25) is 0 Å². The van der Waals surface area contributed by atoms with Crippen LogP contribution >= 0.6 is 15.9 Å². The lowest BCUT2D eigenvalue weighted by atomic mass is 10.1. The van der Waals surface area contributed by atoms with E-state index in [2.05, 4.69) is 15.9 Å². The molecule has 78 valence electrons. The van der Waals surface area contributed by atoms with Crippen LogP contribution in [0.25, 0.3) is 0 Å². The predicted octanol–water partition coefficient (Wildman–Crippen LogP) is 1.49. The topological polar surface area (TPSA) is 51.8 Å². The highest BCUT2D eigenvalue weighted by Crippen LogP contribution is 2.28. The fourth-order valence-corrected chi connectivity index (χ4v) is 1.81. The molecular weight excluding hydrogens is 252 g/mol. The summed E-state index contributed by atoms with van der Waals surface area (Å²) in [4.78, 5) is 0. The first-order valence-corrected chi connectivity index (χ1v) is 5.18. The molecular formula is C9H11BrO4. The molecule has 1 aliphatic heterocycles. The molecule has 2 atom stereocenters. The molecule has 0 bridgehead atoms. The van der Waals surface area contributed by atoms with E-state index in [1.165, 1.54) is 6.26 Å². The summed E-state index contributed by atoms with van der Waals surface area (Å²) in [5.41, 5.74) is 0. The summed E-state index contributed by atoms with van der Waals surface area (Å²) in [6.45, 7) is 1.50. The van der Waals surface area contributed by atoms with Gasteiger partial charge in [-0.2, -0.15) is 0 Å². The Morgan fingerprint density at radius 1 is 1.50 bits per heavy atom. The summed E-state index contributed by atoms with van der Waals surface area (Å²) >= 11 is 3.28. The van der Waals surface area contributed by atoms with Crippen LogP contribution in [0.5, 0.6) is 0 Å². The summed E-state index contributed by atoms with van der Waals surface area (Å²) in [5.74, 6) is 0.487. The maximum atomic E-state index is 9.89. The fourth-order valence-electron chi connectivity index (χ4n) is 1.37.